The number of halogens is 1. The molecule has 0 radical (unpaired) electrons. The summed E-state index contributed by atoms with van der Waals surface area (Å²) in [5.41, 5.74) is 2.51. The van der Waals surface area contributed by atoms with E-state index in [1.807, 2.05) is 61.0 Å². The number of fused-ring (bicyclic) bond motifs is 1. The Labute approximate surface area is 212 Å². The minimum Gasteiger partial charge on any atom is -0.483 e. The fraction of sp³-hybridized carbons (Fsp3) is 0.536. The van der Waals surface area contributed by atoms with E-state index in [0.29, 0.717) is 17.3 Å². The van der Waals surface area contributed by atoms with Crippen molar-refractivity contribution < 1.29 is 9.84 Å². The summed E-state index contributed by atoms with van der Waals surface area (Å²) in [7, 11) is 1.84. The third kappa shape index (κ3) is 4.76. The van der Waals surface area contributed by atoms with E-state index in [-0.39, 0.29) is 11.7 Å². The predicted octanol–water partition coefficient (Wildman–Crippen LogP) is 5.08. The number of nitrogens with zero attached hydrogens (tertiary/aromatic N) is 3. The molecule has 188 valence electrons. The first-order valence-electron chi connectivity index (χ1n) is 12.9. The van der Waals surface area contributed by atoms with Crippen molar-refractivity contribution in [3.63, 3.8) is 0 Å². The number of hydrogen-bond acceptors (Lipinski definition) is 4. The zero-order chi connectivity index (χ0) is 24.6. The lowest BCUT2D eigenvalue weighted by molar-refractivity contribution is -0.0902. The van der Waals surface area contributed by atoms with Crippen molar-refractivity contribution >= 4 is 22.6 Å². The Morgan fingerprint density at radius 2 is 1.77 bits per heavy atom. The summed E-state index contributed by atoms with van der Waals surface area (Å²) >= 11 is 6.46. The normalized spacial score (nSPS) is 20.2. The lowest BCUT2D eigenvalue weighted by Crippen LogP contribution is -2.54. The molecule has 1 saturated carbocycles. The van der Waals surface area contributed by atoms with Gasteiger partial charge in [0, 0.05) is 32.7 Å². The van der Waals surface area contributed by atoms with Crippen LogP contribution < -0.4 is 10.4 Å². The van der Waals surface area contributed by atoms with Crippen LogP contribution in [0.5, 0.6) is 5.75 Å². The van der Waals surface area contributed by atoms with Crippen molar-refractivity contribution in [2.75, 3.05) is 19.6 Å². The average molecular weight is 498 g/mol. The van der Waals surface area contributed by atoms with Gasteiger partial charge < -0.3 is 14.7 Å². The average Bonchev–Trinajstić information content (AvgIpc) is 3.12. The largest absolute Gasteiger partial charge is 0.483 e. The number of benzene rings is 2. The van der Waals surface area contributed by atoms with E-state index in [4.69, 9.17) is 16.3 Å². The maximum atomic E-state index is 13.0. The van der Waals surface area contributed by atoms with Gasteiger partial charge >= 0.3 is 5.69 Å². The summed E-state index contributed by atoms with van der Waals surface area (Å²) in [4.78, 5) is 15.3. The van der Waals surface area contributed by atoms with Crippen LogP contribution in [0.4, 0.5) is 0 Å². The SMILES string of the molecule is Cc1ccc(Cl)c(OC2(C(O)CN3CCC(n4c(=O)n(C)c5ccccc54)CC3)CCCCC2)c1. The number of β-amino-alcohol motifs (C(OH)–C–C–N with tert-alkyl or cyclic N) is 1. The summed E-state index contributed by atoms with van der Waals surface area (Å²) in [5, 5.41) is 12.1. The highest BCUT2D eigenvalue weighted by molar-refractivity contribution is 6.32. The van der Waals surface area contributed by atoms with Crippen LogP contribution in [0.15, 0.2) is 47.3 Å². The van der Waals surface area contributed by atoms with Gasteiger partial charge in [0.25, 0.3) is 0 Å². The molecule has 0 spiro atoms. The monoisotopic (exact) mass is 497 g/mol. The number of aliphatic hydroxyl groups is 1. The van der Waals surface area contributed by atoms with Gasteiger partial charge in [-0.05, 0) is 75.3 Å². The standard InChI is InChI=1S/C28H36ClN3O3/c1-20-10-11-22(29)25(18-20)35-28(14-6-3-7-15-28)26(33)19-31-16-12-21(13-17-31)32-24-9-5-4-8-23(24)30(2)27(32)34/h4-5,8-11,18,21,26,33H,3,6-7,12-17,19H2,1-2H3. The number of para-hydroxylation sites is 2. The van der Waals surface area contributed by atoms with E-state index in [2.05, 4.69) is 4.90 Å². The number of ether oxygens (including phenoxy) is 1. The molecule has 1 atom stereocenters. The van der Waals surface area contributed by atoms with E-state index >= 15 is 0 Å². The Balaban J connectivity index is 1.29. The van der Waals surface area contributed by atoms with Crippen molar-refractivity contribution in [2.45, 2.75) is 69.6 Å². The van der Waals surface area contributed by atoms with Crippen molar-refractivity contribution in [1.29, 1.82) is 0 Å². The molecule has 7 heteroatoms. The molecule has 0 amide bonds. The molecule has 1 N–H and O–H groups in total. The Bertz CT molecular complexity index is 1240. The minimum atomic E-state index is -0.612. The van der Waals surface area contributed by atoms with Gasteiger partial charge in [0.15, 0.2) is 0 Å². The zero-order valence-electron chi connectivity index (χ0n) is 20.8. The highest BCUT2D eigenvalue weighted by Crippen LogP contribution is 2.39. The van der Waals surface area contributed by atoms with E-state index < -0.39 is 11.7 Å². The molecule has 1 aromatic heterocycles. The molecule has 1 aliphatic heterocycles. The van der Waals surface area contributed by atoms with Gasteiger partial charge in [0.1, 0.15) is 17.5 Å². The van der Waals surface area contributed by atoms with Gasteiger partial charge in [-0.1, -0.05) is 36.2 Å². The van der Waals surface area contributed by atoms with Crippen LogP contribution in [-0.4, -0.2) is 50.5 Å². The topological polar surface area (TPSA) is 59.6 Å². The van der Waals surface area contributed by atoms with Crippen molar-refractivity contribution in [2.24, 2.45) is 7.05 Å². The van der Waals surface area contributed by atoms with Crippen LogP contribution in [0.1, 0.15) is 56.6 Å². The van der Waals surface area contributed by atoms with Crippen LogP contribution in [-0.2, 0) is 7.05 Å². The molecule has 5 rings (SSSR count). The molecule has 1 saturated heterocycles. The first-order valence-corrected chi connectivity index (χ1v) is 13.3. The van der Waals surface area contributed by atoms with Gasteiger partial charge in [-0.3, -0.25) is 9.13 Å². The number of rotatable bonds is 6. The van der Waals surface area contributed by atoms with Crippen LogP contribution in [0.3, 0.4) is 0 Å². The van der Waals surface area contributed by atoms with Crippen molar-refractivity contribution in [1.82, 2.24) is 14.0 Å². The van der Waals surface area contributed by atoms with E-state index in [1.54, 1.807) is 4.57 Å². The summed E-state index contributed by atoms with van der Waals surface area (Å²) < 4.78 is 10.3. The number of imidazole rings is 1. The minimum absolute atomic E-state index is 0.0503. The molecule has 2 aliphatic rings. The molecule has 0 bridgehead atoms. The zero-order valence-corrected chi connectivity index (χ0v) is 21.5. The molecule has 2 fully saturated rings. The second-order valence-corrected chi connectivity index (χ2v) is 10.8. The smallest absolute Gasteiger partial charge is 0.329 e. The highest BCUT2D eigenvalue weighted by Gasteiger charge is 2.43. The maximum Gasteiger partial charge on any atom is 0.329 e. The number of piperidine rings is 1. The van der Waals surface area contributed by atoms with Crippen molar-refractivity contribution in [3.8, 4) is 5.75 Å². The Morgan fingerprint density at radius 1 is 1.09 bits per heavy atom. The van der Waals surface area contributed by atoms with Crippen LogP contribution in [0.2, 0.25) is 5.02 Å². The predicted molar refractivity (Wildman–Crippen MR) is 141 cm³/mol. The lowest BCUT2D eigenvalue weighted by Gasteiger charge is -2.44. The molecular formula is C28H36ClN3O3. The summed E-state index contributed by atoms with van der Waals surface area (Å²) in [6, 6.07) is 14.0. The quantitative estimate of drug-likeness (QED) is 0.516. The second kappa shape index (κ2) is 10.00. The number of aliphatic hydroxyl groups excluding tert-OH is 1. The molecule has 35 heavy (non-hydrogen) atoms. The van der Waals surface area contributed by atoms with E-state index in [0.717, 1.165) is 68.2 Å². The first-order chi connectivity index (χ1) is 16.9. The molecule has 6 nitrogen and oxygen atoms in total. The molecule has 1 aliphatic carbocycles. The van der Waals surface area contributed by atoms with E-state index in [1.165, 1.54) is 6.42 Å². The first kappa shape index (κ1) is 24.4. The molecular weight excluding hydrogens is 462 g/mol. The number of aromatic nitrogens is 2. The summed E-state index contributed by atoms with van der Waals surface area (Å²) in [6.07, 6.45) is 6.11. The lowest BCUT2D eigenvalue weighted by atomic mass is 9.80. The van der Waals surface area contributed by atoms with Gasteiger partial charge in [-0.2, -0.15) is 0 Å². The van der Waals surface area contributed by atoms with Crippen LogP contribution in [0.25, 0.3) is 11.0 Å². The third-order valence-corrected chi connectivity index (χ3v) is 8.37. The van der Waals surface area contributed by atoms with Crippen LogP contribution >= 0.6 is 11.6 Å². The third-order valence-electron chi connectivity index (χ3n) is 8.06. The molecule has 2 aromatic carbocycles. The molecule has 2 heterocycles. The summed E-state index contributed by atoms with van der Waals surface area (Å²) in [5.74, 6) is 0.668. The Hall–Kier alpha value is -2.28. The van der Waals surface area contributed by atoms with Gasteiger partial charge in [0.2, 0.25) is 0 Å². The molecule has 1 unspecified atom stereocenters. The van der Waals surface area contributed by atoms with Gasteiger partial charge in [0.05, 0.1) is 16.1 Å². The van der Waals surface area contributed by atoms with Gasteiger partial charge in [-0.15, -0.1) is 0 Å². The number of aryl methyl sites for hydroxylation is 2. The van der Waals surface area contributed by atoms with Gasteiger partial charge in [-0.25, -0.2) is 4.79 Å². The number of hydrogen-bond donors (Lipinski definition) is 1. The second-order valence-electron chi connectivity index (χ2n) is 10.4. The molecule has 3 aromatic rings. The Kier molecular flexibility index (Phi) is 6.97. The maximum absolute atomic E-state index is 13.0. The summed E-state index contributed by atoms with van der Waals surface area (Å²) in [6.45, 7) is 4.29. The van der Waals surface area contributed by atoms with Crippen molar-refractivity contribution in [3.05, 3.63) is 63.5 Å². The fourth-order valence-electron chi connectivity index (χ4n) is 6.00. The number of likely N-dealkylation sites (tertiary alicyclic amines) is 1. The van der Waals surface area contributed by atoms with Crippen LogP contribution in [0, 0.1) is 6.92 Å². The van der Waals surface area contributed by atoms with E-state index in [9.17, 15) is 9.90 Å². The Morgan fingerprint density at radius 3 is 2.49 bits per heavy atom. The fourth-order valence-corrected chi connectivity index (χ4v) is 6.16. The highest BCUT2D eigenvalue weighted by atomic mass is 35.5.